The largest absolute Gasteiger partial charge is 0.333 e. The van der Waals surface area contributed by atoms with Crippen molar-refractivity contribution in [1.29, 1.82) is 0 Å². The van der Waals surface area contributed by atoms with Crippen molar-refractivity contribution in [2.75, 3.05) is 19.6 Å². The Morgan fingerprint density at radius 1 is 1.30 bits per heavy atom. The number of benzene rings is 1. The molecule has 1 amide bonds. The van der Waals surface area contributed by atoms with E-state index in [4.69, 9.17) is 0 Å². The molecule has 2 atom stereocenters. The van der Waals surface area contributed by atoms with Gasteiger partial charge in [0, 0.05) is 38.4 Å². The quantitative estimate of drug-likeness (QED) is 0.944. The molecule has 1 fully saturated rings. The first-order valence-corrected chi connectivity index (χ1v) is 8.21. The number of amides is 1. The van der Waals surface area contributed by atoms with Crippen LogP contribution in [0.1, 0.15) is 36.4 Å². The lowest BCUT2D eigenvalue weighted by Gasteiger charge is -2.37. The van der Waals surface area contributed by atoms with Crippen LogP contribution in [0.15, 0.2) is 54.9 Å². The van der Waals surface area contributed by atoms with E-state index in [1.807, 2.05) is 41.4 Å². The topological polar surface area (TPSA) is 45.2 Å². The van der Waals surface area contributed by atoms with Gasteiger partial charge in [0.15, 0.2) is 0 Å². The van der Waals surface area contributed by atoms with Crippen molar-refractivity contribution in [2.24, 2.45) is 0 Å². The molecule has 1 aliphatic rings. The van der Waals surface area contributed by atoms with Crippen LogP contribution in [-0.4, -0.2) is 35.4 Å². The standard InChI is InChI=1S/C19H23N3O/c1-15(16-6-3-2-4-7-16)12-19(23)22-11-10-21-14-18(22)17-8-5-9-20-13-17/h2-9,13,15,18,21H,10-12,14H2,1H3. The van der Waals surface area contributed by atoms with Gasteiger partial charge in [0.25, 0.3) is 0 Å². The Morgan fingerprint density at radius 3 is 2.87 bits per heavy atom. The third-order valence-electron chi connectivity index (χ3n) is 4.48. The summed E-state index contributed by atoms with van der Waals surface area (Å²) in [5.41, 5.74) is 2.31. The Hall–Kier alpha value is -2.20. The number of hydrogen-bond acceptors (Lipinski definition) is 3. The molecule has 0 radical (unpaired) electrons. The van der Waals surface area contributed by atoms with Gasteiger partial charge in [-0.1, -0.05) is 43.3 Å². The molecule has 0 spiro atoms. The molecule has 0 aliphatic carbocycles. The molecule has 1 aromatic carbocycles. The molecule has 2 unspecified atom stereocenters. The number of rotatable bonds is 4. The van der Waals surface area contributed by atoms with E-state index in [0.29, 0.717) is 6.42 Å². The van der Waals surface area contributed by atoms with Crippen molar-refractivity contribution in [3.05, 3.63) is 66.0 Å². The zero-order valence-corrected chi connectivity index (χ0v) is 13.5. The van der Waals surface area contributed by atoms with Crippen LogP contribution in [0.2, 0.25) is 0 Å². The minimum absolute atomic E-state index is 0.0768. The maximum atomic E-state index is 12.8. The molecule has 1 N–H and O–H groups in total. The normalized spacial score (nSPS) is 19.3. The van der Waals surface area contributed by atoms with E-state index in [9.17, 15) is 4.79 Å². The molecule has 120 valence electrons. The van der Waals surface area contributed by atoms with Gasteiger partial charge < -0.3 is 10.2 Å². The van der Waals surface area contributed by atoms with Crippen LogP contribution >= 0.6 is 0 Å². The number of aromatic nitrogens is 1. The second-order valence-electron chi connectivity index (χ2n) is 6.11. The lowest BCUT2D eigenvalue weighted by atomic mass is 9.96. The van der Waals surface area contributed by atoms with Crippen molar-refractivity contribution >= 4 is 5.91 Å². The Kier molecular flexibility index (Phi) is 5.03. The van der Waals surface area contributed by atoms with Gasteiger partial charge in [-0.05, 0) is 23.1 Å². The fraction of sp³-hybridized carbons (Fsp3) is 0.368. The zero-order chi connectivity index (χ0) is 16.1. The van der Waals surface area contributed by atoms with Crippen LogP contribution in [0.4, 0.5) is 0 Å². The second-order valence-corrected chi connectivity index (χ2v) is 6.11. The molecule has 23 heavy (non-hydrogen) atoms. The smallest absolute Gasteiger partial charge is 0.223 e. The van der Waals surface area contributed by atoms with Gasteiger partial charge in [0.1, 0.15) is 0 Å². The number of nitrogens with one attached hydrogen (secondary N) is 1. The molecule has 0 saturated carbocycles. The lowest BCUT2D eigenvalue weighted by Crippen LogP contribution is -2.48. The van der Waals surface area contributed by atoms with Crippen LogP contribution in [0.3, 0.4) is 0 Å². The van der Waals surface area contributed by atoms with Crippen LogP contribution in [0.25, 0.3) is 0 Å². The van der Waals surface area contributed by atoms with E-state index >= 15 is 0 Å². The summed E-state index contributed by atoms with van der Waals surface area (Å²) >= 11 is 0. The maximum Gasteiger partial charge on any atom is 0.223 e. The number of hydrogen-bond donors (Lipinski definition) is 1. The second kappa shape index (κ2) is 7.38. The fourth-order valence-electron chi connectivity index (χ4n) is 3.15. The summed E-state index contributed by atoms with van der Waals surface area (Å²) in [6, 6.07) is 14.3. The van der Waals surface area contributed by atoms with E-state index in [1.165, 1.54) is 5.56 Å². The van der Waals surface area contributed by atoms with Gasteiger partial charge in [0.2, 0.25) is 5.91 Å². The van der Waals surface area contributed by atoms with Crippen molar-refractivity contribution < 1.29 is 4.79 Å². The Morgan fingerprint density at radius 2 is 2.13 bits per heavy atom. The van der Waals surface area contributed by atoms with E-state index in [1.54, 1.807) is 6.20 Å². The van der Waals surface area contributed by atoms with Gasteiger partial charge in [-0.3, -0.25) is 9.78 Å². The first kappa shape index (κ1) is 15.7. The van der Waals surface area contributed by atoms with E-state index in [-0.39, 0.29) is 17.9 Å². The van der Waals surface area contributed by atoms with Gasteiger partial charge in [-0.15, -0.1) is 0 Å². The highest BCUT2D eigenvalue weighted by Gasteiger charge is 2.28. The highest BCUT2D eigenvalue weighted by atomic mass is 16.2. The number of carbonyl (C=O) groups is 1. The van der Waals surface area contributed by atoms with Crippen molar-refractivity contribution in [1.82, 2.24) is 15.2 Å². The molecule has 1 aliphatic heterocycles. The molecule has 1 aromatic heterocycles. The predicted octanol–water partition coefficient (Wildman–Crippen LogP) is 2.75. The molecule has 0 bridgehead atoms. The minimum Gasteiger partial charge on any atom is -0.333 e. The van der Waals surface area contributed by atoms with E-state index in [2.05, 4.69) is 29.4 Å². The predicted molar refractivity (Wildman–Crippen MR) is 91.0 cm³/mol. The average Bonchev–Trinajstić information content (AvgIpc) is 2.63. The van der Waals surface area contributed by atoms with E-state index < -0.39 is 0 Å². The molecule has 2 heterocycles. The lowest BCUT2D eigenvalue weighted by molar-refractivity contribution is -0.134. The van der Waals surface area contributed by atoms with Crippen molar-refractivity contribution in [2.45, 2.75) is 25.3 Å². The number of carbonyl (C=O) groups excluding carboxylic acids is 1. The van der Waals surface area contributed by atoms with Gasteiger partial charge in [-0.25, -0.2) is 0 Å². The summed E-state index contributed by atoms with van der Waals surface area (Å²) in [5, 5.41) is 3.38. The van der Waals surface area contributed by atoms with Crippen LogP contribution in [-0.2, 0) is 4.79 Å². The highest BCUT2D eigenvalue weighted by molar-refractivity contribution is 5.77. The Bertz CT molecular complexity index is 630. The first-order valence-electron chi connectivity index (χ1n) is 8.21. The Labute approximate surface area is 137 Å². The monoisotopic (exact) mass is 309 g/mol. The van der Waals surface area contributed by atoms with Gasteiger partial charge >= 0.3 is 0 Å². The molecular formula is C19H23N3O. The van der Waals surface area contributed by atoms with Crippen molar-refractivity contribution in [3.63, 3.8) is 0 Å². The maximum absolute atomic E-state index is 12.8. The summed E-state index contributed by atoms with van der Waals surface area (Å²) in [4.78, 5) is 19.0. The van der Waals surface area contributed by atoms with Crippen LogP contribution in [0.5, 0.6) is 0 Å². The number of pyridine rings is 1. The number of piperazine rings is 1. The summed E-state index contributed by atoms with van der Waals surface area (Å²) in [6.45, 7) is 4.51. The van der Waals surface area contributed by atoms with Crippen LogP contribution in [0, 0.1) is 0 Å². The van der Waals surface area contributed by atoms with Gasteiger partial charge in [0.05, 0.1) is 6.04 Å². The third-order valence-corrected chi connectivity index (χ3v) is 4.48. The molecular weight excluding hydrogens is 286 g/mol. The molecule has 4 nitrogen and oxygen atoms in total. The molecule has 2 aromatic rings. The van der Waals surface area contributed by atoms with Crippen LogP contribution < -0.4 is 5.32 Å². The summed E-state index contributed by atoms with van der Waals surface area (Å²) in [5.74, 6) is 0.449. The summed E-state index contributed by atoms with van der Waals surface area (Å²) in [6.07, 6.45) is 4.17. The van der Waals surface area contributed by atoms with E-state index in [0.717, 1.165) is 25.2 Å². The first-order chi connectivity index (χ1) is 11.3. The summed E-state index contributed by atoms with van der Waals surface area (Å²) < 4.78 is 0. The SMILES string of the molecule is CC(CC(=O)N1CCNCC1c1cccnc1)c1ccccc1. The molecule has 1 saturated heterocycles. The third kappa shape index (κ3) is 3.77. The Balaban J connectivity index is 1.72. The minimum atomic E-state index is 0.0768. The van der Waals surface area contributed by atoms with Crippen molar-refractivity contribution in [3.8, 4) is 0 Å². The zero-order valence-electron chi connectivity index (χ0n) is 13.5. The average molecular weight is 309 g/mol. The fourth-order valence-corrected chi connectivity index (χ4v) is 3.15. The molecule has 4 heteroatoms. The molecule has 3 rings (SSSR count). The summed E-state index contributed by atoms with van der Waals surface area (Å²) in [7, 11) is 0. The highest BCUT2D eigenvalue weighted by Crippen LogP contribution is 2.25. The van der Waals surface area contributed by atoms with Gasteiger partial charge in [-0.2, -0.15) is 0 Å². The number of nitrogens with zero attached hydrogens (tertiary/aromatic N) is 2.